The molecule has 0 aliphatic heterocycles. The zero-order valence-electron chi connectivity index (χ0n) is 6.74. The molecular formula is C6H13NO4. The number of hydrogen-bond donors (Lipinski definition) is 1. The fraction of sp³-hybridized carbons (Fsp3) is 0.833. The number of ether oxygens (including phenoxy) is 2. The summed E-state index contributed by atoms with van der Waals surface area (Å²) in [6.07, 6.45) is -0.572. The maximum Gasteiger partial charge on any atom is 0.413 e. The molecule has 0 saturated carbocycles. The fourth-order valence-corrected chi connectivity index (χ4v) is 0.522. The minimum absolute atomic E-state index is 0.0370. The van der Waals surface area contributed by atoms with E-state index < -0.39 is 12.8 Å². The number of methoxy groups -OCH3 is 1. The Labute approximate surface area is 65.5 Å². The molecular weight excluding hydrogens is 150 g/mol. The Morgan fingerprint density at radius 3 is 2.64 bits per heavy atom. The van der Waals surface area contributed by atoms with Crippen LogP contribution in [0.2, 0.25) is 0 Å². The lowest BCUT2D eigenvalue weighted by atomic mass is 10.8. The summed E-state index contributed by atoms with van der Waals surface area (Å²) in [6, 6.07) is 0. The highest BCUT2D eigenvalue weighted by Crippen LogP contribution is 1.91. The van der Waals surface area contributed by atoms with Crippen molar-refractivity contribution in [2.45, 2.75) is 6.92 Å². The number of aliphatic hydroxyl groups is 1. The molecule has 0 atom stereocenters. The summed E-state index contributed by atoms with van der Waals surface area (Å²) in [5.41, 5.74) is 0. The van der Waals surface area contributed by atoms with Crippen LogP contribution >= 0.6 is 0 Å². The molecule has 0 bridgehead atoms. The van der Waals surface area contributed by atoms with Gasteiger partial charge in [-0.05, 0) is 6.92 Å². The number of amides is 1. The Morgan fingerprint density at radius 2 is 2.27 bits per heavy atom. The smallest absolute Gasteiger partial charge is 0.413 e. The molecule has 0 spiro atoms. The first-order valence-electron chi connectivity index (χ1n) is 3.27. The van der Waals surface area contributed by atoms with E-state index in [1.165, 1.54) is 7.11 Å². The van der Waals surface area contributed by atoms with Gasteiger partial charge in [-0.2, -0.15) is 0 Å². The van der Waals surface area contributed by atoms with Crippen LogP contribution in [0.4, 0.5) is 4.79 Å². The van der Waals surface area contributed by atoms with Gasteiger partial charge in [0.25, 0.3) is 0 Å². The highest BCUT2D eigenvalue weighted by atomic mass is 16.6. The first kappa shape index (κ1) is 10.2. The van der Waals surface area contributed by atoms with Crippen molar-refractivity contribution >= 4 is 6.09 Å². The van der Waals surface area contributed by atoms with Crippen LogP contribution in [-0.2, 0) is 9.47 Å². The summed E-state index contributed by atoms with van der Waals surface area (Å²) in [5, 5.41) is 8.60. The lowest BCUT2D eigenvalue weighted by molar-refractivity contribution is 0.00234. The van der Waals surface area contributed by atoms with Crippen LogP contribution in [0.15, 0.2) is 0 Å². The topological polar surface area (TPSA) is 59.0 Å². The molecule has 0 heterocycles. The van der Waals surface area contributed by atoms with Crippen LogP contribution in [-0.4, -0.2) is 43.3 Å². The van der Waals surface area contributed by atoms with Crippen LogP contribution in [0.1, 0.15) is 6.92 Å². The third-order valence-electron chi connectivity index (χ3n) is 0.982. The second-order valence-corrected chi connectivity index (χ2v) is 1.80. The van der Waals surface area contributed by atoms with Gasteiger partial charge in [-0.15, -0.1) is 0 Å². The van der Waals surface area contributed by atoms with E-state index in [-0.39, 0.29) is 6.73 Å². The van der Waals surface area contributed by atoms with Gasteiger partial charge in [-0.3, -0.25) is 4.90 Å². The first-order valence-corrected chi connectivity index (χ1v) is 3.27. The molecule has 11 heavy (non-hydrogen) atoms. The van der Waals surface area contributed by atoms with E-state index >= 15 is 0 Å². The maximum absolute atomic E-state index is 10.8. The van der Waals surface area contributed by atoms with Gasteiger partial charge in [0.2, 0.25) is 0 Å². The summed E-state index contributed by atoms with van der Waals surface area (Å²) in [7, 11) is 1.43. The van der Waals surface area contributed by atoms with E-state index in [1.54, 1.807) is 6.92 Å². The molecule has 1 N–H and O–H groups in total. The third kappa shape index (κ3) is 3.79. The first-order chi connectivity index (χ1) is 5.26. The Morgan fingerprint density at radius 1 is 1.64 bits per heavy atom. The van der Waals surface area contributed by atoms with Gasteiger partial charge in [-0.25, -0.2) is 4.79 Å². The summed E-state index contributed by atoms with van der Waals surface area (Å²) in [6.45, 7) is 1.63. The number of aliphatic hydroxyl groups excluding tert-OH is 1. The van der Waals surface area contributed by atoms with Crippen molar-refractivity contribution in [3.05, 3.63) is 0 Å². The predicted octanol–water partition coefficient (Wildman–Crippen LogP) is -0.00140. The zero-order chi connectivity index (χ0) is 8.69. The Bertz CT molecular complexity index is 117. The number of rotatable bonds is 4. The van der Waals surface area contributed by atoms with Gasteiger partial charge < -0.3 is 14.6 Å². The SMILES string of the molecule is CCOC(=O)N(CO)COC. The van der Waals surface area contributed by atoms with Crippen molar-refractivity contribution in [2.24, 2.45) is 0 Å². The summed E-state index contributed by atoms with van der Waals surface area (Å²) in [4.78, 5) is 11.9. The maximum atomic E-state index is 10.8. The monoisotopic (exact) mass is 163 g/mol. The molecule has 0 saturated heterocycles. The molecule has 0 radical (unpaired) electrons. The summed E-state index contributed by atoms with van der Waals surface area (Å²) in [5.74, 6) is 0. The van der Waals surface area contributed by atoms with Gasteiger partial charge in [0.05, 0.1) is 6.61 Å². The molecule has 0 fully saturated rings. The van der Waals surface area contributed by atoms with Crippen molar-refractivity contribution in [1.82, 2.24) is 4.90 Å². The Hall–Kier alpha value is -0.810. The molecule has 0 aliphatic rings. The summed E-state index contributed by atoms with van der Waals surface area (Å²) < 4.78 is 9.22. The molecule has 5 heteroatoms. The van der Waals surface area contributed by atoms with Gasteiger partial charge in [-0.1, -0.05) is 0 Å². The quantitative estimate of drug-likeness (QED) is 0.592. The molecule has 0 unspecified atom stereocenters. The van der Waals surface area contributed by atoms with Crippen molar-refractivity contribution < 1.29 is 19.4 Å². The van der Waals surface area contributed by atoms with E-state index in [1.807, 2.05) is 0 Å². The van der Waals surface area contributed by atoms with E-state index in [0.29, 0.717) is 6.61 Å². The second-order valence-electron chi connectivity index (χ2n) is 1.80. The molecule has 0 aromatic carbocycles. The number of hydrogen-bond acceptors (Lipinski definition) is 4. The van der Waals surface area contributed by atoms with Crippen molar-refractivity contribution in [3.63, 3.8) is 0 Å². The number of carbonyl (C=O) groups is 1. The number of carbonyl (C=O) groups excluding carboxylic acids is 1. The third-order valence-corrected chi connectivity index (χ3v) is 0.982. The molecule has 0 aliphatic carbocycles. The average molecular weight is 163 g/mol. The molecule has 5 nitrogen and oxygen atoms in total. The summed E-state index contributed by atoms with van der Waals surface area (Å²) >= 11 is 0. The lowest BCUT2D eigenvalue weighted by Crippen LogP contribution is -2.34. The lowest BCUT2D eigenvalue weighted by Gasteiger charge is -2.17. The molecule has 1 amide bonds. The van der Waals surface area contributed by atoms with E-state index in [0.717, 1.165) is 4.90 Å². The van der Waals surface area contributed by atoms with Crippen molar-refractivity contribution in [3.8, 4) is 0 Å². The van der Waals surface area contributed by atoms with Gasteiger partial charge >= 0.3 is 6.09 Å². The van der Waals surface area contributed by atoms with Crippen LogP contribution < -0.4 is 0 Å². The van der Waals surface area contributed by atoms with E-state index in [9.17, 15) is 4.79 Å². The standard InChI is InChI=1S/C6H13NO4/c1-3-11-6(9)7(4-8)5-10-2/h8H,3-5H2,1-2H3. The van der Waals surface area contributed by atoms with Crippen LogP contribution in [0, 0.1) is 0 Å². The fourth-order valence-electron chi connectivity index (χ4n) is 0.522. The highest BCUT2D eigenvalue weighted by Gasteiger charge is 2.11. The highest BCUT2D eigenvalue weighted by molar-refractivity contribution is 5.67. The van der Waals surface area contributed by atoms with Crippen molar-refractivity contribution in [1.29, 1.82) is 0 Å². The normalized spacial score (nSPS) is 9.36. The predicted molar refractivity (Wildman–Crippen MR) is 37.8 cm³/mol. The Balaban J connectivity index is 3.71. The molecule has 66 valence electrons. The minimum Gasteiger partial charge on any atom is -0.450 e. The van der Waals surface area contributed by atoms with Gasteiger partial charge in [0, 0.05) is 7.11 Å². The average Bonchev–Trinajstić information content (AvgIpc) is 2.00. The van der Waals surface area contributed by atoms with Crippen LogP contribution in [0.3, 0.4) is 0 Å². The van der Waals surface area contributed by atoms with Crippen LogP contribution in [0.5, 0.6) is 0 Å². The minimum atomic E-state index is -0.572. The second kappa shape index (κ2) is 5.94. The van der Waals surface area contributed by atoms with Crippen LogP contribution in [0.25, 0.3) is 0 Å². The zero-order valence-corrected chi connectivity index (χ0v) is 6.74. The van der Waals surface area contributed by atoms with E-state index in [4.69, 9.17) is 5.11 Å². The van der Waals surface area contributed by atoms with Gasteiger partial charge in [0.15, 0.2) is 0 Å². The molecule has 0 rings (SSSR count). The van der Waals surface area contributed by atoms with Gasteiger partial charge in [0.1, 0.15) is 13.5 Å². The number of nitrogens with zero attached hydrogens (tertiary/aromatic N) is 1. The van der Waals surface area contributed by atoms with E-state index in [2.05, 4.69) is 9.47 Å². The molecule has 0 aromatic heterocycles. The van der Waals surface area contributed by atoms with Crippen molar-refractivity contribution in [2.75, 3.05) is 27.2 Å². The largest absolute Gasteiger partial charge is 0.450 e. The molecule has 0 aromatic rings. The Kier molecular flexibility index (Phi) is 5.50.